The predicted octanol–water partition coefficient (Wildman–Crippen LogP) is 2.38. The smallest absolute Gasteiger partial charge is 0.247 e. The minimum Gasteiger partial charge on any atom is -0.331 e. The molecule has 5 nitrogen and oxygen atoms in total. The molecular weight excluding hydrogens is 362 g/mol. The van der Waals surface area contributed by atoms with Crippen LogP contribution >= 0.6 is 0 Å². The van der Waals surface area contributed by atoms with Crippen LogP contribution in [0.15, 0.2) is 30.0 Å². The molecule has 4 unspecified atom stereocenters. The Morgan fingerprint density at radius 1 is 1.04 bits per heavy atom. The number of rotatable bonds is 2. The molecule has 0 radical (unpaired) electrons. The van der Waals surface area contributed by atoms with Gasteiger partial charge in [-0.15, -0.1) is 0 Å². The lowest BCUT2D eigenvalue weighted by atomic mass is 9.71. The standard InChI is InChI=1S/C21H26F2N4O/c22-14-4-2-5-15(23)19(14)13-3-1-6-16-20(13)21-25-18(28)11-17(27(21)26-16)12-7-9-24-10-8-12/h2,4-5,11-13,16,20-21,24,26H,1,3,6-10H2,(H,25,28). The summed E-state index contributed by atoms with van der Waals surface area (Å²) in [5, 5.41) is 8.54. The summed E-state index contributed by atoms with van der Waals surface area (Å²) in [6, 6.07) is 4.18. The van der Waals surface area contributed by atoms with Crippen molar-refractivity contribution in [3.05, 3.63) is 47.2 Å². The third-order valence-corrected chi connectivity index (χ3v) is 6.88. The Balaban J connectivity index is 1.50. The summed E-state index contributed by atoms with van der Waals surface area (Å²) in [4.78, 5) is 12.5. The van der Waals surface area contributed by atoms with Crippen LogP contribution in [0.2, 0.25) is 0 Å². The molecule has 4 aliphatic rings. The first-order chi connectivity index (χ1) is 13.6. The van der Waals surface area contributed by atoms with E-state index >= 15 is 0 Å². The monoisotopic (exact) mass is 388 g/mol. The van der Waals surface area contributed by atoms with Crippen molar-refractivity contribution < 1.29 is 13.6 Å². The first-order valence-corrected chi connectivity index (χ1v) is 10.4. The minimum atomic E-state index is -0.486. The number of nitrogens with zero attached hydrogens (tertiary/aromatic N) is 1. The number of hydrogen-bond acceptors (Lipinski definition) is 4. The first-order valence-electron chi connectivity index (χ1n) is 10.4. The summed E-state index contributed by atoms with van der Waals surface area (Å²) >= 11 is 0. The molecule has 3 aliphatic heterocycles. The summed E-state index contributed by atoms with van der Waals surface area (Å²) in [5.74, 6) is -1.06. The Kier molecular flexibility index (Phi) is 4.59. The average Bonchev–Trinajstić information content (AvgIpc) is 3.07. The fourth-order valence-electron chi connectivity index (χ4n) is 5.67. The zero-order chi connectivity index (χ0) is 19.3. The molecule has 1 aliphatic carbocycles. The largest absolute Gasteiger partial charge is 0.331 e. The number of allylic oxidation sites excluding steroid dienone is 1. The van der Waals surface area contributed by atoms with Crippen molar-refractivity contribution >= 4 is 5.91 Å². The second-order valence-electron chi connectivity index (χ2n) is 8.40. The third-order valence-electron chi connectivity index (χ3n) is 6.88. The molecule has 4 atom stereocenters. The van der Waals surface area contributed by atoms with E-state index in [2.05, 4.69) is 21.1 Å². The number of nitrogens with one attached hydrogen (secondary N) is 3. The van der Waals surface area contributed by atoms with Crippen LogP contribution in [0.3, 0.4) is 0 Å². The van der Waals surface area contributed by atoms with Gasteiger partial charge in [0, 0.05) is 35.2 Å². The lowest BCUT2D eigenvalue weighted by Gasteiger charge is -2.40. The molecular formula is C21H26F2N4O. The van der Waals surface area contributed by atoms with Crippen LogP contribution < -0.4 is 16.1 Å². The summed E-state index contributed by atoms with van der Waals surface area (Å²) in [6.07, 6.45) is 6.00. The summed E-state index contributed by atoms with van der Waals surface area (Å²) < 4.78 is 29.2. The number of fused-ring (bicyclic) bond motifs is 3. The third kappa shape index (κ3) is 2.92. The molecule has 0 bridgehead atoms. The second kappa shape index (κ2) is 7.12. The van der Waals surface area contributed by atoms with Crippen molar-refractivity contribution in [2.75, 3.05) is 13.1 Å². The second-order valence-corrected chi connectivity index (χ2v) is 8.40. The highest BCUT2D eigenvalue weighted by Crippen LogP contribution is 2.47. The van der Waals surface area contributed by atoms with E-state index in [-0.39, 0.29) is 35.5 Å². The molecule has 2 saturated heterocycles. The van der Waals surface area contributed by atoms with E-state index < -0.39 is 11.6 Å². The number of piperidine rings is 1. The molecule has 150 valence electrons. The lowest BCUT2D eigenvalue weighted by Crippen LogP contribution is -2.54. The van der Waals surface area contributed by atoms with Gasteiger partial charge in [0.25, 0.3) is 0 Å². The summed E-state index contributed by atoms with van der Waals surface area (Å²) in [6.45, 7) is 1.89. The van der Waals surface area contributed by atoms with Gasteiger partial charge in [0.05, 0.1) is 0 Å². The molecule has 7 heteroatoms. The Bertz CT molecular complexity index is 787. The van der Waals surface area contributed by atoms with E-state index in [4.69, 9.17) is 0 Å². The fourth-order valence-corrected chi connectivity index (χ4v) is 5.67. The summed E-state index contributed by atoms with van der Waals surface area (Å²) in [5.41, 5.74) is 4.79. The molecule has 5 rings (SSSR count). The molecule has 3 N–H and O–H groups in total. The van der Waals surface area contributed by atoms with E-state index in [0.717, 1.165) is 50.9 Å². The Labute approximate surface area is 163 Å². The Morgan fingerprint density at radius 3 is 2.54 bits per heavy atom. The topological polar surface area (TPSA) is 56.4 Å². The maximum absolute atomic E-state index is 14.6. The molecule has 3 heterocycles. The minimum absolute atomic E-state index is 0.0606. The van der Waals surface area contributed by atoms with Gasteiger partial charge in [-0.25, -0.2) is 14.2 Å². The van der Waals surface area contributed by atoms with Crippen LogP contribution in [0, 0.1) is 23.5 Å². The van der Waals surface area contributed by atoms with E-state index in [1.54, 1.807) is 6.08 Å². The zero-order valence-electron chi connectivity index (χ0n) is 15.8. The van der Waals surface area contributed by atoms with Crippen molar-refractivity contribution in [3.8, 4) is 0 Å². The highest BCUT2D eigenvalue weighted by Gasteiger charge is 2.51. The van der Waals surface area contributed by atoms with Gasteiger partial charge < -0.3 is 10.6 Å². The highest BCUT2D eigenvalue weighted by atomic mass is 19.1. The van der Waals surface area contributed by atoms with Crippen molar-refractivity contribution in [1.82, 2.24) is 21.1 Å². The van der Waals surface area contributed by atoms with Crippen molar-refractivity contribution in [3.63, 3.8) is 0 Å². The number of carbonyl (C=O) groups is 1. The molecule has 0 spiro atoms. The lowest BCUT2D eigenvalue weighted by molar-refractivity contribution is -0.120. The molecule has 1 aromatic carbocycles. The van der Waals surface area contributed by atoms with Crippen molar-refractivity contribution in [1.29, 1.82) is 0 Å². The maximum Gasteiger partial charge on any atom is 0.247 e. The molecule has 3 fully saturated rings. The normalized spacial score (nSPS) is 33.1. The van der Waals surface area contributed by atoms with Crippen LogP contribution in [0.1, 0.15) is 43.6 Å². The van der Waals surface area contributed by atoms with Gasteiger partial charge in [0.2, 0.25) is 5.91 Å². The van der Waals surface area contributed by atoms with Gasteiger partial charge in [-0.05, 0) is 56.8 Å². The SMILES string of the molecule is O=C1C=C(C2CCNCC2)N2NC3CCCC(c4c(F)cccc4F)C3C2N1. The van der Waals surface area contributed by atoms with Crippen molar-refractivity contribution in [2.45, 2.75) is 50.2 Å². The van der Waals surface area contributed by atoms with Crippen LogP contribution in [-0.2, 0) is 4.79 Å². The number of amides is 1. The van der Waals surface area contributed by atoms with Crippen LogP contribution in [0.25, 0.3) is 0 Å². The predicted molar refractivity (Wildman–Crippen MR) is 101 cm³/mol. The molecule has 1 amide bonds. The summed E-state index contributed by atoms with van der Waals surface area (Å²) in [7, 11) is 0. The highest BCUT2D eigenvalue weighted by molar-refractivity contribution is 5.89. The molecule has 28 heavy (non-hydrogen) atoms. The Hall–Kier alpha value is -1.99. The van der Waals surface area contributed by atoms with E-state index in [1.807, 2.05) is 0 Å². The number of halogens is 2. The van der Waals surface area contributed by atoms with Gasteiger partial charge in [0.1, 0.15) is 17.8 Å². The van der Waals surface area contributed by atoms with Crippen molar-refractivity contribution in [2.24, 2.45) is 11.8 Å². The van der Waals surface area contributed by atoms with Gasteiger partial charge in [-0.3, -0.25) is 9.80 Å². The van der Waals surface area contributed by atoms with Crippen LogP contribution in [-0.4, -0.2) is 36.2 Å². The number of hydrogen-bond donors (Lipinski definition) is 3. The van der Waals surface area contributed by atoms with Gasteiger partial charge >= 0.3 is 0 Å². The average molecular weight is 388 g/mol. The maximum atomic E-state index is 14.6. The van der Waals surface area contributed by atoms with Crippen LogP contribution in [0.5, 0.6) is 0 Å². The van der Waals surface area contributed by atoms with Gasteiger partial charge in [0.15, 0.2) is 0 Å². The molecule has 1 saturated carbocycles. The number of benzene rings is 1. The van der Waals surface area contributed by atoms with E-state index in [1.165, 1.54) is 18.2 Å². The van der Waals surface area contributed by atoms with Gasteiger partial charge in [-0.1, -0.05) is 12.5 Å². The van der Waals surface area contributed by atoms with E-state index in [9.17, 15) is 13.6 Å². The number of hydrazine groups is 1. The van der Waals surface area contributed by atoms with Gasteiger partial charge in [-0.2, -0.15) is 0 Å². The fraction of sp³-hybridized carbons (Fsp3) is 0.571. The Morgan fingerprint density at radius 2 is 1.79 bits per heavy atom. The molecule has 1 aromatic rings. The zero-order valence-corrected chi connectivity index (χ0v) is 15.8. The van der Waals surface area contributed by atoms with E-state index in [0.29, 0.717) is 5.92 Å². The first kappa shape index (κ1) is 18.1. The number of carbonyl (C=O) groups excluding carboxylic acids is 1. The quantitative estimate of drug-likeness (QED) is 0.728. The van der Waals surface area contributed by atoms with Crippen LogP contribution in [0.4, 0.5) is 8.78 Å². The molecule has 0 aromatic heterocycles.